The number of carbonyl (C=O) groups is 3. The Kier molecular flexibility index (Phi) is 9.32. The minimum atomic E-state index is -5.90. The molecule has 0 radical (unpaired) electrons. The van der Waals surface area contributed by atoms with Gasteiger partial charge in [-0.1, -0.05) is 0 Å². The Morgan fingerprint density at radius 3 is 2.21 bits per heavy atom. The molecule has 1 unspecified atom stereocenters. The predicted molar refractivity (Wildman–Crippen MR) is 123 cm³/mol. The van der Waals surface area contributed by atoms with E-state index in [-0.39, 0.29) is 25.8 Å². The summed E-state index contributed by atoms with van der Waals surface area (Å²) < 4.78 is 97.9. The third-order valence-electron chi connectivity index (χ3n) is 5.92. The topological polar surface area (TPSA) is 122 Å². The van der Waals surface area contributed by atoms with E-state index in [4.69, 9.17) is 4.74 Å². The molecule has 1 fully saturated rings. The Balaban J connectivity index is 2.40. The molecular formula is C22H32F5N3O7S. The molecule has 1 N–H and O–H groups in total. The van der Waals surface area contributed by atoms with Gasteiger partial charge in [-0.15, -0.1) is 0 Å². The number of alkyl halides is 5. The molecule has 0 aromatic carbocycles. The van der Waals surface area contributed by atoms with Crippen LogP contribution in [0.5, 0.6) is 0 Å². The van der Waals surface area contributed by atoms with Crippen LogP contribution in [0.25, 0.3) is 0 Å². The van der Waals surface area contributed by atoms with E-state index in [2.05, 4.69) is 9.50 Å². The van der Waals surface area contributed by atoms with Gasteiger partial charge in [-0.05, 0) is 45.6 Å². The van der Waals surface area contributed by atoms with Crippen molar-refractivity contribution < 1.29 is 53.7 Å². The maximum absolute atomic E-state index is 13.9. The molecule has 2 rings (SSSR count). The monoisotopic (exact) mass is 577 g/mol. The minimum absolute atomic E-state index is 0.0978. The van der Waals surface area contributed by atoms with Gasteiger partial charge in [-0.3, -0.25) is 9.59 Å². The number of likely N-dealkylation sites (tertiary alicyclic amines) is 1. The molecule has 0 spiro atoms. The zero-order valence-corrected chi connectivity index (χ0v) is 22.4. The fraction of sp³-hybridized carbons (Fsp3) is 0.773. The molecule has 3 amide bonds. The lowest BCUT2D eigenvalue weighted by Gasteiger charge is -2.37. The summed E-state index contributed by atoms with van der Waals surface area (Å²) in [4.78, 5) is 41.3. The predicted octanol–water partition coefficient (Wildman–Crippen LogP) is 3.00. The average Bonchev–Trinajstić information content (AvgIpc) is 3.11. The van der Waals surface area contributed by atoms with Gasteiger partial charge in [0.2, 0.25) is 11.8 Å². The Labute approximate surface area is 217 Å². The van der Waals surface area contributed by atoms with Crippen molar-refractivity contribution in [3.8, 4) is 0 Å². The Hall–Kier alpha value is -2.65. The Bertz CT molecular complexity index is 1050. The molecule has 0 saturated carbocycles. The van der Waals surface area contributed by atoms with E-state index in [1.54, 1.807) is 20.8 Å². The van der Waals surface area contributed by atoms with E-state index < -0.39 is 81.7 Å². The molecule has 2 aliphatic rings. The van der Waals surface area contributed by atoms with Crippen molar-refractivity contribution in [3.05, 3.63) is 11.8 Å². The number of rotatable bonds is 7. The van der Waals surface area contributed by atoms with E-state index in [0.717, 1.165) is 15.9 Å². The van der Waals surface area contributed by atoms with Crippen LogP contribution in [0.3, 0.4) is 0 Å². The highest BCUT2D eigenvalue weighted by atomic mass is 32.2. The molecule has 1 aliphatic carbocycles. The molecule has 38 heavy (non-hydrogen) atoms. The normalized spacial score (nSPS) is 21.7. The third kappa shape index (κ3) is 8.17. The van der Waals surface area contributed by atoms with Gasteiger partial charge < -0.3 is 24.0 Å². The zero-order valence-electron chi connectivity index (χ0n) is 21.6. The van der Waals surface area contributed by atoms with Gasteiger partial charge in [-0.25, -0.2) is 13.6 Å². The van der Waals surface area contributed by atoms with Crippen LogP contribution >= 0.6 is 0 Å². The molecule has 0 aromatic rings. The highest BCUT2D eigenvalue weighted by Crippen LogP contribution is 2.37. The second kappa shape index (κ2) is 11.2. The molecule has 218 valence electrons. The first-order chi connectivity index (χ1) is 17.1. The quantitative estimate of drug-likeness (QED) is 0.281. The number of amides is 3. The van der Waals surface area contributed by atoms with Gasteiger partial charge >= 0.3 is 21.7 Å². The number of hydrogen-bond acceptors (Lipinski definition) is 7. The van der Waals surface area contributed by atoms with Crippen molar-refractivity contribution in [2.45, 2.75) is 69.5 Å². The van der Waals surface area contributed by atoms with Crippen LogP contribution in [-0.2, 0) is 28.6 Å². The van der Waals surface area contributed by atoms with Crippen molar-refractivity contribution in [2.24, 2.45) is 11.8 Å². The van der Waals surface area contributed by atoms with Gasteiger partial charge in [0.25, 0.3) is 5.92 Å². The molecule has 1 saturated heterocycles. The number of carbonyl (C=O) groups excluding carboxylic acids is 3. The molecular weight excluding hydrogens is 545 g/mol. The summed E-state index contributed by atoms with van der Waals surface area (Å²) in [5.74, 6) is -7.38. The number of nitrogens with zero attached hydrogens (tertiary/aromatic N) is 2. The van der Waals surface area contributed by atoms with E-state index in [9.17, 15) is 44.8 Å². The van der Waals surface area contributed by atoms with E-state index in [1.807, 2.05) is 0 Å². The van der Waals surface area contributed by atoms with Gasteiger partial charge in [0, 0.05) is 33.5 Å². The summed E-state index contributed by atoms with van der Waals surface area (Å²) >= 11 is 0. The van der Waals surface area contributed by atoms with Gasteiger partial charge in [-0.2, -0.15) is 21.6 Å². The van der Waals surface area contributed by atoms with Crippen LogP contribution in [-0.4, -0.2) is 86.4 Å². The molecule has 0 bridgehead atoms. The lowest BCUT2D eigenvalue weighted by Crippen LogP contribution is -2.58. The third-order valence-corrected chi connectivity index (χ3v) is 6.92. The van der Waals surface area contributed by atoms with E-state index in [1.165, 1.54) is 14.1 Å². The van der Waals surface area contributed by atoms with Crippen LogP contribution in [0, 0.1) is 11.8 Å². The van der Waals surface area contributed by atoms with Crippen LogP contribution < -0.4 is 5.32 Å². The second-order valence-corrected chi connectivity index (χ2v) is 12.0. The lowest BCUT2D eigenvalue weighted by molar-refractivity contribution is -0.144. The molecule has 10 nitrogen and oxygen atoms in total. The fourth-order valence-corrected chi connectivity index (χ4v) is 4.72. The zero-order chi connectivity index (χ0) is 29.3. The maximum Gasteiger partial charge on any atom is 0.534 e. The van der Waals surface area contributed by atoms with Crippen molar-refractivity contribution in [3.63, 3.8) is 0 Å². The molecule has 1 heterocycles. The van der Waals surface area contributed by atoms with E-state index >= 15 is 0 Å². The average molecular weight is 578 g/mol. The number of ether oxygens (including phenoxy) is 1. The second-order valence-electron chi connectivity index (χ2n) is 10.4. The summed E-state index contributed by atoms with van der Waals surface area (Å²) in [6.07, 6.45) is -1.24. The first-order valence-electron chi connectivity index (χ1n) is 11.7. The smallest absolute Gasteiger partial charge is 0.444 e. The number of hydrogen-bond donors (Lipinski definition) is 1. The number of halogens is 5. The van der Waals surface area contributed by atoms with Crippen molar-refractivity contribution in [1.82, 2.24) is 15.1 Å². The Morgan fingerprint density at radius 2 is 1.79 bits per heavy atom. The highest BCUT2D eigenvalue weighted by molar-refractivity contribution is 7.87. The SMILES string of the molecule is CN(C)C(=O)[C@@H](C1CC=C(OS(=O)(=O)C(F)(F)F)CC1)[C@H](NC(=O)OC(C)(C)C)C(=O)N1CCC(F)(F)C1. The van der Waals surface area contributed by atoms with Crippen LogP contribution in [0.2, 0.25) is 0 Å². The van der Waals surface area contributed by atoms with Crippen molar-refractivity contribution >= 4 is 28.0 Å². The van der Waals surface area contributed by atoms with Gasteiger partial charge in [0.05, 0.1) is 12.5 Å². The highest BCUT2D eigenvalue weighted by Gasteiger charge is 2.50. The fourth-order valence-electron chi connectivity index (χ4n) is 4.20. The minimum Gasteiger partial charge on any atom is -0.444 e. The van der Waals surface area contributed by atoms with E-state index in [0.29, 0.717) is 0 Å². The number of nitrogens with one attached hydrogen (secondary N) is 1. The largest absolute Gasteiger partial charge is 0.534 e. The summed E-state index contributed by atoms with van der Waals surface area (Å²) in [7, 11) is -3.15. The first kappa shape index (κ1) is 31.6. The van der Waals surface area contributed by atoms with Crippen LogP contribution in [0.4, 0.5) is 26.7 Å². The summed E-state index contributed by atoms with van der Waals surface area (Å²) in [5.41, 5.74) is -6.63. The van der Waals surface area contributed by atoms with Gasteiger partial charge in [0.1, 0.15) is 17.4 Å². The van der Waals surface area contributed by atoms with Gasteiger partial charge in [0.15, 0.2) is 0 Å². The Morgan fingerprint density at radius 1 is 1.18 bits per heavy atom. The summed E-state index contributed by atoms with van der Waals surface area (Å²) in [6, 6.07) is -1.64. The lowest BCUT2D eigenvalue weighted by atomic mass is 9.77. The standard InChI is InChI=1S/C22H32F5N3O7S/c1-20(2,3)36-19(33)28-16(18(32)30-11-10-21(23,24)12-30)15(17(31)29(4)5)13-6-8-14(9-7-13)37-38(34,35)22(25,26)27/h8,13,15-16H,6-7,9-12H2,1-5H3,(H,28,33)/t13?,15-,16-/m0/s1. The van der Waals surface area contributed by atoms with Crippen LogP contribution in [0.15, 0.2) is 11.8 Å². The number of allylic oxidation sites excluding steroid dienone is 2. The van der Waals surface area contributed by atoms with Crippen molar-refractivity contribution in [2.75, 3.05) is 27.2 Å². The summed E-state index contributed by atoms with van der Waals surface area (Å²) in [6.45, 7) is 3.41. The molecule has 16 heteroatoms. The first-order valence-corrected chi connectivity index (χ1v) is 13.1. The number of alkyl carbamates (subject to hydrolysis) is 1. The summed E-state index contributed by atoms with van der Waals surface area (Å²) in [5, 5.41) is 2.34. The molecule has 3 atom stereocenters. The maximum atomic E-state index is 13.9. The van der Waals surface area contributed by atoms with Crippen molar-refractivity contribution in [1.29, 1.82) is 0 Å². The molecule has 0 aromatic heterocycles. The molecule has 1 aliphatic heterocycles. The van der Waals surface area contributed by atoms with Crippen LogP contribution in [0.1, 0.15) is 46.5 Å².